The first-order valence-corrected chi connectivity index (χ1v) is 7.42. The van der Waals surface area contributed by atoms with Crippen LogP contribution < -0.4 is 5.32 Å². The average molecular weight is 284 g/mol. The fraction of sp³-hybridized carbons (Fsp3) is 0.0500. The molecule has 0 atom stereocenters. The molecule has 0 bridgehead atoms. The molecule has 0 unspecified atom stereocenters. The molecule has 0 saturated heterocycles. The molecule has 106 valence electrons. The van der Waals surface area contributed by atoms with Gasteiger partial charge < -0.3 is 5.32 Å². The minimum Gasteiger partial charge on any atom is -0.355 e. The van der Waals surface area contributed by atoms with Gasteiger partial charge in [0, 0.05) is 22.1 Å². The normalized spacial score (nSPS) is 11.0. The minimum absolute atomic E-state index is 1.01. The third-order valence-electron chi connectivity index (χ3n) is 3.98. The lowest BCUT2D eigenvalue weighted by atomic mass is 10.1. The number of pyridine rings is 1. The van der Waals surface area contributed by atoms with Crippen LogP contribution in [-0.4, -0.2) is 4.98 Å². The Hall–Kier alpha value is -2.87. The second kappa shape index (κ2) is 5.15. The number of aryl methyl sites for hydroxylation is 1. The zero-order valence-electron chi connectivity index (χ0n) is 12.4. The van der Waals surface area contributed by atoms with Crippen LogP contribution >= 0.6 is 0 Å². The molecule has 3 aromatic carbocycles. The maximum absolute atomic E-state index is 4.76. The van der Waals surface area contributed by atoms with Gasteiger partial charge >= 0.3 is 0 Å². The largest absolute Gasteiger partial charge is 0.355 e. The molecule has 1 heterocycles. The molecule has 2 nitrogen and oxygen atoms in total. The van der Waals surface area contributed by atoms with Crippen molar-refractivity contribution in [1.82, 2.24) is 4.98 Å². The molecule has 0 spiro atoms. The topological polar surface area (TPSA) is 24.9 Å². The molecule has 2 heteroatoms. The van der Waals surface area contributed by atoms with Crippen LogP contribution in [-0.2, 0) is 0 Å². The van der Waals surface area contributed by atoms with Gasteiger partial charge in [-0.25, -0.2) is 4.98 Å². The Kier molecular flexibility index (Phi) is 3.01. The van der Waals surface area contributed by atoms with Crippen LogP contribution in [0.5, 0.6) is 0 Å². The lowest BCUT2D eigenvalue weighted by Crippen LogP contribution is -1.94. The summed E-state index contributed by atoms with van der Waals surface area (Å²) in [6.45, 7) is 2.11. The maximum Gasteiger partial charge on any atom is 0.0730 e. The average Bonchev–Trinajstić information content (AvgIpc) is 2.55. The maximum atomic E-state index is 4.76. The van der Waals surface area contributed by atoms with E-state index in [1.807, 2.05) is 24.3 Å². The third-order valence-corrected chi connectivity index (χ3v) is 3.98. The van der Waals surface area contributed by atoms with E-state index in [0.717, 1.165) is 33.2 Å². The number of nitrogens with one attached hydrogen (secondary N) is 1. The van der Waals surface area contributed by atoms with Crippen LogP contribution in [0.3, 0.4) is 0 Å². The van der Waals surface area contributed by atoms with E-state index in [4.69, 9.17) is 4.98 Å². The Morgan fingerprint density at radius 1 is 0.727 bits per heavy atom. The summed E-state index contributed by atoms with van der Waals surface area (Å²) in [5.74, 6) is 0. The predicted molar refractivity (Wildman–Crippen MR) is 93.7 cm³/mol. The van der Waals surface area contributed by atoms with Gasteiger partial charge in [0.2, 0.25) is 0 Å². The molecule has 0 aliphatic carbocycles. The molecule has 4 aromatic rings. The van der Waals surface area contributed by atoms with Crippen molar-refractivity contribution < 1.29 is 0 Å². The number of aromatic nitrogens is 1. The van der Waals surface area contributed by atoms with Gasteiger partial charge in [-0.3, -0.25) is 0 Å². The van der Waals surface area contributed by atoms with Crippen LogP contribution in [0.4, 0.5) is 11.4 Å². The summed E-state index contributed by atoms with van der Waals surface area (Å²) in [5.41, 5.74) is 5.49. The van der Waals surface area contributed by atoms with Crippen molar-refractivity contribution >= 4 is 33.2 Å². The zero-order chi connectivity index (χ0) is 14.9. The minimum atomic E-state index is 1.01. The summed E-state index contributed by atoms with van der Waals surface area (Å²) in [4.78, 5) is 4.76. The Morgan fingerprint density at radius 2 is 1.45 bits per heavy atom. The van der Waals surface area contributed by atoms with Gasteiger partial charge in [0.05, 0.1) is 11.0 Å². The first-order chi connectivity index (χ1) is 10.8. The van der Waals surface area contributed by atoms with Crippen molar-refractivity contribution in [1.29, 1.82) is 0 Å². The molecule has 22 heavy (non-hydrogen) atoms. The summed E-state index contributed by atoms with van der Waals surface area (Å²) < 4.78 is 0. The fourth-order valence-corrected chi connectivity index (χ4v) is 2.77. The first kappa shape index (κ1) is 12.8. The van der Waals surface area contributed by atoms with Crippen molar-refractivity contribution in [2.75, 3.05) is 5.32 Å². The number of nitrogens with zero attached hydrogens (tertiary/aromatic N) is 1. The predicted octanol–water partition coefficient (Wildman–Crippen LogP) is 5.44. The van der Waals surface area contributed by atoms with E-state index in [-0.39, 0.29) is 0 Å². The van der Waals surface area contributed by atoms with Crippen molar-refractivity contribution in [3.05, 3.63) is 78.4 Å². The molecular weight excluding hydrogens is 268 g/mol. The zero-order valence-corrected chi connectivity index (χ0v) is 12.4. The Labute approximate surface area is 129 Å². The van der Waals surface area contributed by atoms with Crippen molar-refractivity contribution in [3.63, 3.8) is 0 Å². The third kappa shape index (κ3) is 2.19. The van der Waals surface area contributed by atoms with Gasteiger partial charge in [0.15, 0.2) is 0 Å². The fourth-order valence-electron chi connectivity index (χ4n) is 2.77. The molecule has 4 rings (SSSR count). The highest BCUT2D eigenvalue weighted by Gasteiger charge is 2.05. The van der Waals surface area contributed by atoms with Crippen LogP contribution in [0.15, 0.2) is 72.8 Å². The molecule has 0 amide bonds. The van der Waals surface area contributed by atoms with E-state index < -0.39 is 0 Å². The molecule has 0 saturated carbocycles. The number of fused-ring (bicyclic) bond motifs is 2. The monoisotopic (exact) mass is 284 g/mol. The summed E-state index contributed by atoms with van der Waals surface area (Å²) in [5, 5.41) is 5.84. The number of anilines is 2. The quantitative estimate of drug-likeness (QED) is 0.496. The highest BCUT2D eigenvalue weighted by atomic mass is 14.9. The Morgan fingerprint density at radius 3 is 2.36 bits per heavy atom. The van der Waals surface area contributed by atoms with Gasteiger partial charge in [-0.1, -0.05) is 42.5 Å². The van der Waals surface area contributed by atoms with Crippen LogP contribution in [0.2, 0.25) is 0 Å². The number of hydrogen-bond donors (Lipinski definition) is 1. The van der Waals surface area contributed by atoms with Gasteiger partial charge in [-0.2, -0.15) is 0 Å². The van der Waals surface area contributed by atoms with E-state index in [0.29, 0.717) is 0 Å². The summed E-state index contributed by atoms with van der Waals surface area (Å²) >= 11 is 0. The molecule has 0 aliphatic rings. The van der Waals surface area contributed by atoms with Gasteiger partial charge in [-0.15, -0.1) is 0 Å². The summed E-state index contributed by atoms with van der Waals surface area (Å²) in [6, 6.07) is 25.0. The van der Waals surface area contributed by atoms with Crippen molar-refractivity contribution in [2.24, 2.45) is 0 Å². The van der Waals surface area contributed by atoms with Gasteiger partial charge in [-0.05, 0) is 42.8 Å². The highest BCUT2D eigenvalue weighted by Crippen LogP contribution is 2.29. The van der Waals surface area contributed by atoms with Gasteiger partial charge in [0.1, 0.15) is 0 Å². The lowest BCUT2D eigenvalue weighted by molar-refractivity contribution is 1.43. The van der Waals surface area contributed by atoms with Crippen molar-refractivity contribution in [3.8, 4) is 0 Å². The number of rotatable bonds is 2. The number of para-hydroxylation sites is 2. The SMILES string of the molecule is Cc1ccccc1Nc1cccc2nc3ccccc3cc12. The van der Waals surface area contributed by atoms with E-state index in [9.17, 15) is 0 Å². The Bertz CT molecular complexity index is 973. The second-order valence-electron chi connectivity index (χ2n) is 5.49. The standard InChI is InChI=1S/C20H16N2/c1-14-7-2-4-9-17(14)21-19-11-6-12-20-16(19)13-15-8-3-5-10-18(15)22-20/h2-13,21H,1H3. The first-order valence-electron chi connectivity index (χ1n) is 7.42. The van der Waals surface area contributed by atoms with Crippen LogP contribution in [0.1, 0.15) is 5.56 Å². The number of hydrogen-bond acceptors (Lipinski definition) is 2. The van der Waals surface area contributed by atoms with E-state index in [1.165, 1.54) is 5.56 Å². The molecule has 1 aromatic heterocycles. The van der Waals surface area contributed by atoms with Gasteiger partial charge in [0.25, 0.3) is 0 Å². The summed E-state index contributed by atoms with van der Waals surface area (Å²) in [7, 11) is 0. The molecule has 0 aliphatic heterocycles. The second-order valence-corrected chi connectivity index (χ2v) is 5.49. The van der Waals surface area contributed by atoms with E-state index >= 15 is 0 Å². The number of benzene rings is 3. The van der Waals surface area contributed by atoms with Crippen LogP contribution in [0.25, 0.3) is 21.8 Å². The molecule has 0 fully saturated rings. The Balaban J connectivity index is 1.90. The van der Waals surface area contributed by atoms with E-state index in [1.54, 1.807) is 0 Å². The van der Waals surface area contributed by atoms with Crippen molar-refractivity contribution in [2.45, 2.75) is 6.92 Å². The summed E-state index contributed by atoms with van der Waals surface area (Å²) in [6.07, 6.45) is 0. The van der Waals surface area contributed by atoms with E-state index in [2.05, 4.69) is 60.8 Å². The molecular formula is C20H16N2. The lowest BCUT2D eigenvalue weighted by Gasteiger charge is -2.12. The highest BCUT2D eigenvalue weighted by molar-refractivity contribution is 6.00. The smallest absolute Gasteiger partial charge is 0.0730 e. The van der Waals surface area contributed by atoms with Crippen LogP contribution in [0, 0.1) is 6.92 Å². The molecule has 0 radical (unpaired) electrons. The molecule has 1 N–H and O–H groups in total.